The standard InChI is InChI=1S/C8H11NO2S/c1-6(8(10)11-2)9-7-4-3-5-12-7/h3-6,9H,1-2H3/t6-/m0/s1. The van der Waals surface area contributed by atoms with Gasteiger partial charge in [-0.3, -0.25) is 0 Å². The monoisotopic (exact) mass is 185 g/mol. The number of methoxy groups -OCH3 is 1. The normalized spacial score (nSPS) is 12.2. The lowest BCUT2D eigenvalue weighted by Gasteiger charge is -2.10. The molecule has 1 heterocycles. The van der Waals surface area contributed by atoms with E-state index >= 15 is 0 Å². The van der Waals surface area contributed by atoms with Crippen LogP contribution in [0.25, 0.3) is 0 Å². The van der Waals surface area contributed by atoms with Crippen molar-refractivity contribution in [3.05, 3.63) is 17.5 Å². The van der Waals surface area contributed by atoms with Crippen molar-refractivity contribution in [2.45, 2.75) is 13.0 Å². The van der Waals surface area contributed by atoms with Crippen molar-refractivity contribution in [2.75, 3.05) is 12.4 Å². The minimum Gasteiger partial charge on any atom is -0.467 e. The van der Waals surface area contributed by atoms with E-state index in [2.05, 4.69) is 10.1 Å². The van der Waals surface area contributed by atoms with E-state index in [4.69, 9.17) is 0 Å². The molecule has 12 heavy (non-hydrogen) atoms. The number of esters is 1. The summed E-state index contributed by atoms with van der Waals surface area (Å²) in [4.78, 5) is 11.0. The van der Waals surface area contributed by atoms with E-state index in [1.807, 2.05) is 17.5 Å². The molecule has 1 aromatic rings. The minimum absolute atomic E-state index is 0.247. The van der Waals surface area contributed by atoms with Gasteiger partial charge in [0, 0.05) is 0 Å². The maximum absolute atomic E-state index is 11.0. The molecule has 0 bridgehead atoms. The van der Waals surface area contributed by atoms with Crippen LogP contribution >= 0.6 is 11.3 Å². The summed E-state index contributed by atoms with van der Waals surface area (Å²) in [5, 5.41) is 5.95. The Hall–Kier alpha value is -1.03. The Labute approximate surface area is 75.4 Å². The van der Waals surface area contributed by atoms with Gasteiger partial charge in [-0.15, -0.1) is 11.3 Å². The topological polar surface area (TPSA) is 38.3 Å². The summed E-state index contributed by atoms with van der Waals surface area (Å²) >= 11 is 1.56. The van der Waals surface area contributed by atoms with Crippen molar-refractivity contribution in [3.8, 4) is 0 Å². The van der Waals surface area contributed by atoms with Gasteiger partial charge in [-0.2, -0.15) is 0 Å². The van der Waals surface area contributed by atoms with Gasteiger partial charge < -0.3 is 10.1 Å². The second kappa shape index (κ2) is 4.11. The Morgan fingerprint density at radius 3 is 3.00 bits per heavy atom. The molecule has 0 amide bonds. The Balaban J connectivity index is 2.47. The molecular weight excluding hydrogens is 174 g/mol. The molecule has 1 rings (SSSR count). The third-order valence-electron chi connectivity index (χ3n) is 1.43. The van der Waals surface area contributed by atoms with Crippen LogP contribution in [0.1, 0.15) is 6.92 Å². The third kappa shape index (κ3) is 2.23. The van der Waals surface area contributed by atoms with Crippen molar-refractivity contribution >= 4 is 22.3 Å². The summed E-state index contributed by atoms with van der Waals surface area (Å²) in [5.41, 5.74) is 0. The molecular formula is C8H11NO2S. The molecule has 0 aliphatic carbocycles. The highest BCUT2D eigenvalue weighted by Gasteiger charge is 2.11. The average molecular weight is 185 g/mol. The van der Waals surface area contributed by atoms with E-state index in [0.29, 0.717) is 0 Å². The molecule has 0 aliphatic heterocycles. The number of thiophene rings is 1. The lowest BCUT2D eigenvalue weighted by Crippen LogP contribution is -2.26. The van der Waals surface area contributed by atoms with Crippen LogP contribution in [0.15, 0.2) is 17.5 Å². The quantitative estimate of drug-likeness (QED) is 0.729. The molecule has 1 atom stereocenters. The molecule has 0 saturated carbocycles. The van der Waals surface area contributed by atoms with E-state index in [-0.39, 0.29) is 12.0 Å². The molecule has 0 aliphatic rings. The number of carbonyl (C=O) groups is 1. The molecule has 0 saturated heterocycles. The second-order valence-corrected chi connectivity index (χ2v) is 3.31. The van der Waals surface area contributed by atoms with Gasteiger partial charge in [0.05, 0.1) is 12.1 Å². The van der Waals surface area contributed by atoms with Crippen molar-refractivity contribution in [3.63, 3.8) is 0 Å². The van der Waals surface area contributed by atoms with Gasteiger partial charge in [0.2, 0.25) is 0 Å². The van der Waals surface area contributed by atoms with Gasteiger partial charge in [-0.05, 0) is 24.4 Å². The first kappa shape index (κ1) is 9.06. The van der Waals surface area contributed by atoms with Gasteiger partial charge >= 0.3 is 5.97 Å². The predicted molar refractivity (Wildman–Crippen MR) is 49.4 cm³/mol. The highest BCUT2D eigenvalue weighted by atomic mass is 32.1. The van der Waals surface area contributed by atoms with Gasteiger partial charge in [0.15, 0.2) is 0 Å². The maximum atomic E-state index is 11.0. The summed E-state index contributed by atoms with van der Waals surface area (Å²) in [6.45, 7) is 1.77. The third-order valence-corrected chi connectivity index (χ3v) is 2.24. The summed E-state index contributed by atoms with van der Waals surface area (Å²) < 4.78 is 4.56. The van der Waals surface area contributed by atoms with Crippen molar-refractivity contribution in [1.29, 1.82) is 0 Å². The number of hydrogen-bond acceptors (Lipinski definition) is 4. The molecule has 0 radical (unpaired) electrons. The first-order valence-corrected chi connectivity index (χ1v) is 4.50. The summed E-state index contributed by atoms with van der Waals surface area (Å²) in [7, 11) is 1.38. The van der Waals surface area contributed by atoms with Gasteiger partial charge in [-0.1, -0.05) is 0 Å². The van der Waals surface area contributed by atoms with Crippen LogP contribution in [0.4, 0.5) is 5.00 Å². The number of ether oxygens (including phenoxy) is 1. The van der Waals surface area contributed by atoms with Gasteiger partial charge in [0.1, 0.15) is 6.04 Å². The molecule has 3 nitrogen and oxygen atoms in total. The summed E-state index contributed by atoms with van der Waals surface area (Å²) in [6, 6.07) is 3.56. The lowest BCUT2D eigenvalue weighted by atomic mass is 10.3. The molecule has 0 spiro atoms. The maximum Gasteiger partial charge on any atom is 0.328 e. The van der Waals surface area contributed by atoms with E-state index in [1.165, 1.54) is 7.11 Å². The number of nitrogens with one attached hydrogen (secondary N) is 1. The van der Waals surface area contributed by atoms with Crippen LogP contribution < -0.4 is 5.32 Å². The molecule has 0 aromatic carbocycles. The van der Waals surface area contributed by atoms with E-state index in [1.54, 1.807) is 18.3 Å². The van der Waals surface area contributed by atoms with Crippen molar-refractivity contribution in [2.24, 2.45) is 0 Å². The molecule has 0 fully saturated rings. The predicted octanol–water partition coefficient (Wildman–Crippen LogP) is 1.72. The van der Waals surface area contributed by atoms with Crippen LogP contribution in [-0.4, -0.2) is 19.1 Å². The Morgan fingerprint density at radius 2 is 2.50 bits per heavy atom. The molecule has 66 valence electrons. The van der Waals surface area contributed by atoms with Crippen LogP contribution in [-0.2, 0) is 9.53 Å². The van der Waals surface area contributed by atoms with Crippen LogP contribution in [0.5, 0.6) is 0 Å². The Kier molecular flexibility index (Phi) is 3.10. The molecule has 0 unspecified atom stereocenters. The van der Waals surface area contributed by atoms with Crippen LogP contribution in [0, 0.1) is 0 Å². The van der Waals surface area contributed by atoms with E-state index in [0.717, 1.165) is 5.00 Å². The number of anilines is 1. The number of carbonyl (C=O) groups excluding carboxylic acids is 1. The molecule has 1 N–H and O–H groups in total. The fraction of sp³-hybridized carbons (Fsp3) is 0.375. The van der Waals surface area contributed by atoms with E-state index < -0.39 is 0 Å². The first-order chi connectivity index (χ1) is 5.74. The lowest BCUT2D eigenvalue weighted by molar-refractivity contribution is -0.141. The second-order valence-electron chi connectivity index (χ2n) is 2.37. The fourth-order valence-corrected chi connectivity index (χ4v) is 1.52. The largest absolute Gasteiger partial charge is 0.467 e. The Bertz CT molecular complexity index is 246. The average Bonchev–Trinajstić information content (AvgIpc) is 2.55. The summed E-state index contributed by atoms with van der Waals surface area (Å²) in [5.74, 6) is -0.247. The van der Waals surface area contributed by atoms with Crippen molar-refractivity contribution < 1.29 is 9.53 Å². The minimum atomic E-state index is -0.284. The zero-order valence-electron chi connectivity index (χ0n) is 7.03. The number of rotatable bonds is 3. The van der Waals surface area contributed by atoms with Crippen LogP contribution in [0.3, 0.4) is 0 Å². The first-order valence-electron chi connectivity index (χ1n) is 3.62. The van der Waals surface area contributed by atoms with Gasteiger partial charge in [-0.25, -0.2) is 4.79 Å². The fourth-order valence-electron chi connectivity index (χ4n) is 0.810. The molecule has 1 aromatic heterocycles. The van der Waals surface area contributed by atoms with Crippen LogP contribution in [0.2, 0.25) is 0 Å². The van der Waals surface area contributed by atoms with Gasteiger partial charge in [0.25, 0.3) is 0 Å². The highest BCUT2D eigenvalue weighted by Crippen LogP contribution is 2.16. The zero-order chi connectivity index (χ0) is 8.97. The van der Waals surface area contributed by atoms with E-state index in [9.17, 15) is 4.79 Å². The Morgan fingerprint density at radius 1 is 1.75 bits per heavy atom. The molecule has 4 heteroatoms. The summed E-state index contributed by atoms with van der Waals surface area (Å²) in [6.07, 6.45) is 0. The zero-order valence-corrected chi connectivity index (χ0v) is 7.85. The SMILES string of the molecule is COC(=O)[C@H](C)Nc1cccs1. The number of hydrogen-bond donors (Lipinski definition) is 1. The van der Waals surface area contributed by atoms with Crippen molar-refractivity contribution in [1.82, 2.24) is 0 Å². The smallest absolute Gasteiger partial charge is 0.328 e. The highest BCUT2D eigenvalue weighted by molar-refractivity contribution is 7.14.